The molecule has 0 saturated heterocycles. The molecule has 3 rings (SSSR count). The minimum atomic E-state index is -3.54. The smallest absolute Gasteiger partial charge is 0.242 e. The van der Waals surface area contributed by atoms with E-state index in [0.29, 0.717) is 17.9 Å². The minimum absolute atomic E-state index is 0.113. The number of amides is 2. The lowest BCUT2D eigenvalue weighted by atomic mass is 10.1. The van der Waals surface area contributed by atoms with Crippen LogP contribution in [0.2, 0.25) is 0 Å². The van der Waals surface area contributed by atoms with E-state index in [2.05, 4.69) is 5.32 Å². The van der Waals surface area contributed by atoms with Crippen LogP contribution in [-0.4, -0.2) is 57.1 Å². The summed E-state index contributed by atoms with van der Waals surface area (Å²) in [6, 6.07) is 12.6. The van der Waals surface area contributed by atoms with Crippen molar-refractivity contribution in [2.24, 2.45) is 0 Å². The number of nitrogens with zero attached hydrogens (tertiary/aromatic N) is 2. The molecule has 2 aromatic carbocycles. The third kappa shape index (κ3) is 8.21. The molecule has 2 aromatic rings. The first-order valence-corrected chi connectivity index (χ1v) is 15.1. The maximum Gasteiger partial charge on any atom is 0.242 e. The Morgan fingerprint density at radius 1 is 1.08 bits per heavy atom. The molecule has 208 valence electrons. The van der Waals surface area contributed by atoms with Crippen LogP contribution >= 0.6 is 0 Å². The van der Waals surface area contributed by atoms with Crippen molar-refractivity contribution < 1.29 is 22.7 Å². The van der Waals surface area contributed by atoms with E-state index >= 15 is 0 Å². The molecule has 0 aliphatic heterocycles. The molecule has 1 atom stereocenters. The monoisotopic (exact) mass is 543 g/mol. The van der Waals surface area contributed by atoms with E-state index < -0.39 is 16.1 Å². The molecule has 0 unspecified atom stereocenters. The van der Waals surface area contributed by atoms with Gasteiger partial charge in [-0.2, -0.15) is 0 Å². The average Bonchev–Trinajstić information content (AvgIpc) is 3.36. The fraction of sp³-hybridized carbons (Fsp3) is 0.517. The Morgan fingerprint density at radius 3 is 2.34 bits per heavy atom. The molecule has 1 N–H and O–H groups in total. The van der Waals surface area contributed by atoms with E-state index in [9.17, 15) is 18.0 Å². The highest BCUT2D eigenvalue weighted by atomic mass is 32.2. The zero-order valence-electron chi connectivity index (χ0n) is 23.2. The van der Waals surface area contributed by atoms with Gasteiger partial charge in [-0.15, -0.1) is 0 Å². The number of sulfonamides is 1. The molecule has 9 heteroatoms. The molecule has 2 amide bonds. The van der Waals surface area contributed by atoms with Crippen LogP contribution in [0.15, 0.2) is 42.5 Å². The van der Waals surface area contributed by atoms with Gasteiger partial charge in [0.05, 0.1) is 19.1 Å². The summed E-state index contributed by atoms with van der Waals surface area (Å²) < 4.78 is 31.9. The molecule has 1 aliphatic rings. The van der Waals surface area contributed by atoms with Crippen molar-refractivity contribution in [2.45, 2.75) is 77.9 Å². The fourth-order valence-electron chi connectivity index (χ4n) is 5.04. The second-order valence-electron chi connectivity index (χ2n) is 10.3. The van der Waals surface area contributed by atoms with Gasteiger partial charge in [0.2, 0.25) is 21.8 Å². The van der Waals surface area contributed by atoms with Gasteiger partial charge in [-0.3, -0.25) is 13.9 Å². The Hall–Kier alpha value is -3.07. The molecule has 0 bridgehead atoms. The second-order valence-corrected chi connectivity index (χ2v) is 12.2. The van der Waals surface area contributed by atoms with Crippen molar-refractivity contribution in [3.8, 4) is 5.75 Å². The molecule has 8 nitrogen and oxygen atoms in total. The van der Waals surface area contributed by atoms with Crippen molar-refractivity contribution in [1.29, 1.82) is 0 Å². The van der Waals surface area contributed by atoms with E-state index in [-0.39, 0.29) is 37.4 Å². The molecule has 0 aromatic heterocycles. The topological polar surface area (TPSA) is 96.0 Å². The van der Waals surface area contributed by atoms with Crippen LogP contribution in [0.3, 0.4) is 0 Å². The molecule has 1 aliphatic carbocycles. The molecule has 38 heavy (non-hydrogen) atoms. The zero-order chi connectivity index (χ0) is 27.9. The number of aryl methyl sites for hydroxylation is 2. The van der Waals surface area contributed by atoms with Crippen LogP contribution in [0.5, 0.6) is 5.75 Å². The summed E-state index contributed by atoms with van der Waals surface area (Å²) in [5.41, 5.74) is 3.38. The van der Waals surface area contributed by atoms with Crippen molar-refractivity contribution >= 4 is 27.5 Å². The van der Waals surface area contributed by atoms with E-state index in [1.807, 2.05) is 56.3 Å². The molecule has 1 saturated carbocycles. The van der Waals surface area contributed by atoms with Crippen LogP contribution in [0.4, 0.5) is 5.69 Å². The molecular weight excluding hydrogens is 502 g/mol. The highest BCUT2D eigenvalue weighted by Gasteiger charge is 2.29. The van der Waals surface area contributed by atoms with Gasteiger partial charge in [-0.05, 0) is 81.0 Å². The van der Waals surface area contributed by atoms with Crippen LogP contribution < -0.4 is 14.4 Å². The first-order valence-electron chi connectivity index (χ1n) is 13.3. The lowest BCUT2D eigenvalue weighted by Gasteiger charge is -2.30. The Labute approximate surface area is 227 Å². The van der Waals surface area contributed by atoms with Crippen molar-refractivity contribution in [2.75, 3.05) is 24.2 Å². The number of hydrogen-bond donors (Lipinski definition) is 1. The summed E-state index contributed by atoms with van der Waals surface area (Å²) in [7, 11) is -1.95. The van der Waals surface area contributed by atoms with E-state index in [1.54, 1.807) is 18.9 Å². The highest BCUT2D eigenvalue weighted by Crippen LogP contribution is 2.23. The number of benzene rings is 2. The Morgan fingerprint density at radius 2 is 1.74 bits per heavy atom. The van der Waals surface area contributed by atoms with Gasteiger partial charge in [0.15, 0.2) is 0 Å². The van der Waals surface area contributed by atoms with Gasteiger partial charge in [0.25, 0.3) is 0 Å². The minimum Gasteiger partial charge on any atom is -0.497 e. The summed E-state index contributed by atoms with van der Waals surface area (Å²) in [6.45, 7) is 6.02. The third-order valence-corrected chi connectivity index (χ3v) is 8.20. The first-order chi connectivity index (χ1) is 18.0. The first kappa shape index (κ1) is 29.5. The van der Waals surface area contributed by atoms with Gasteiger partial charge >= 0.3 is 0 Å². The molecule has 0 spiro atoms. The predicted octanol–water partition coefficient (Wildman–Crippen LogP) is 4.33. The SMILES string of the molecule is COc1cccc(CN(C(=O)CCCN(c2cc(C)cc(C)c2)S(C)(=O)=O)[C@H](C)C(=O)NC2CCCC2)c1. The van der Waals surface area contributed by atoms with Crippen molar-refractivity contribution in [3.05, 3.63) is 59.2 Å². The molecule has 0 heterocycles. The summed E-state index contributed by atoms with van der Waals surface area (Å²) in [5, 5.41) is 3.10. The van der Waals surface area contributed by atoms with Gasteiger partial charge in [0, 0.05) is 25.6 Å². The Bertz CT molecular complexity index is 1200. The van der Waals surface area contributed by atoms with Crippen LogP contribution in [0.25, 0.3) is 0 Å². The van der Waals surface area contributed by atoms with Crippen LogP contribution in [0.1, 0.15) is 62.1 Å². The number of methoxy groups -OCH3 is 1. The van der Waals surface area contributed by atoms with Gasteiger partial charge in [-0.1, -0.05) is 31.0 Å². The number of carbonyl (C=O) groups is 2. The second kappa shape index (κ2) is 13.1. The molecular formula is C29H41N3O5S. The third-order valence-electron chi connectivity index (χ3n) is 7.00. The van der Waals surface area contributed by atoms with E-state index in [4.69, 9.17) is 4.74 Å². The standard InChI is InChI=1S/C29H41N3O5S/c1-21-16-22(2)18-26(17-21)32(38(5,35)36)15-9-14-28(33)31(20-24-10-8-13-27(19-24)37-4)23(3)29(34)30-25-11-6-7-12-25/h8,10,13,16-19,23,25H,6-7,9,11-12,14-15,20H2,1-5H3,(H,30,34)/t23-/m1/s1. The zero-order valence-corrected chi connectivity index (χ0v) is 24.0. The largest absolute Gasteiger partial charge is 0.497 e. The number of nitrogens with one attached hydrogen (secondary N) is 1. The molecule has 0 radical (unpaired) electrons. The Kier molecular flexibility index (Phi) is 10.2. The number of ether oxygens (including phenoxy) is 1. The van der Waals surface area contributed by atoms with E-state index in [1.165, 1.54) is 10.6 Å². The lowest BCUT2D eigenvalue weighted by Crippen LogP contribution is -2.49. The summed E-state index contributed by atoms with van der Waals surface area (Å²) in [4.78, 5) is 28.2. The van der Waals surface area contributed by atoms with Gasteiger partial charge in [-0.25, -0.2) is 8.42 Å². The van der Waals surface area contributed by atoms with Crippen molar-refractivity contribution in [3.63, 3.8) is 0 Å². The predicted molar refractivity (Wildman–Crippen MR) is 151 cm³/mol. The van der Waals surface area contributed by atoms with Crippen LogP contribution in [0, 0.1) is 13.8 Å². The summed E-state index contributed by atoms with van der Waals surface area (Å²) in [5.74, 6) is 0.312. The number of hydrogen-bond acceptors (Lipinski definition) is 5. The average molecular weight is 544 g/mol. The number of anilines is 1. The normalized spacial score (nSPS) is 14.7. The highest BCUT2D eigenvalue weighted by molar-refractivity contribution is 7.92. The van der Waals surface area contributed by atoms with E-state index in [0.717, 1.165) is 42.4 Å². The molecule has 1 fully saturated rings. The maximum absolute atomic E-state index is 13.5. The van der Waals surface area contributed by atoms with Crippen molar-refractivity contribution in [1.82, 2.24) is 10.2 Å². The summed E-state index contributed by atoms with van der Waals surface area (Å²) in [6.07, 6.45) is 5.74. The number of carbonyl (C=O) groups excluding carboxylic acids is 2. The Balaban J connectivity index is 1.75. The number of rotatable bonds is 12. The summed E-state index contributed by atoms with van der Waals surface area (Å²) >= 11 is 0. The van der Waals surface area contributed by atoms with Gasteiger partial charge < -0.3 is 15.0 Å². The lowest BCUT2D eigenvalue weighted by molar-refractivity contribution is -0.141. The van der Waals surface area contributed by atoms with Gasteiger partial charge in [0.1, 0.15) is 11.8 Å². The van der Waals surface area contributed by atoms with Crippen LogP contribution in [-0.2, 0) is 26.2 Å². The maximum atomic E-state index is 13.5. The quantitative estimate of drug-likeness (QED) is 0.430. The fourth-order valence-corrected chi connectivity index (χ4v) is 5.99.